The molecule has 34 heavy (non-hydrogen) atoms. The Morgan fingerprint density at radius 3 is 2.29 bits per heavy atom. The van der Waals surface area contributed by atoms with Gasteiger partial charge in [0.05, 0.1) is 29.4 Å². The molecule has 0 saturated heterocycles. The number of para-hydroxylation sites is 2. The highest BCUT2D eigenvalue weighted by Gasteiger charge is 2.35. The molecule has 0 aromatic heterocycles. The van der Waals surface area contributed by atoms with E-state index in [1.54, 1.807) is 11.2 Å². The van der Waals surface area contributed by atoms with Gasteiger partial charge in [-0.2, -0.15) is 0 Å². The number of nitrogens with zero attached hydrogens (tertiary/aromatic N) is 4. The highest BCUT2D eigenvalue weighted by atomic mass is 32.2. The molecule has 11 heteroatoms. The number of aliphatic imine (C=N–C) groups is 1. The molecule has 180 valence electrons. The molecule has 0 fully saturated rings. The molecular formula is C23H26N4O4S3. The number of hydrogen-bond acceptors (Lipinski definition) is 9. The zero-order valence-electron chi connectivity index (χ0n) is 19.2. The molecule has 0 spiro atoms. The summed E-state index contributed by atoms with van der Waals surface area (Å²) in [6.45, 7) is 2.15. The maximum atomic E-state index is 12.0. The van der Waals surface area contributed by atoms with Crippen LogP contribution in [0.2, 0.25) is 0 Å². The molecule has 0 N–H and O–H groups in total. The Hall–Kier alpha value is -2.63. The predicted molar refractivity (Wildman–Crippen MR) is 141 cm³/mol. The molecule has 2 aromatic carbocycles. The van der Waals surface area contributed by atoms with Gasteiger partial charge >= 0.3 is 0 Å². The lowest BCUT2D eigenvalue weighted by molar-refractivity contribution is 0.403. The summed E-state index contributed by atoms with van der Waals surface area (Å²) >= 11 is 1.33. The molecular weight excluding hydrogens is 492 g/mol. The monoisotopic (exact) mass is 518 g/mol. The lowest BCUT2D eigenvalue weighted by atomic mass is 10.1. The second-order valence-electron chi connectivity index (χ2n) is 8.25. The normalized spacial score (nSPS) is 17.9. The first kappa shape index (κ1) is 24.5. The van der Waals surface area contributed by atoms with Crippen molar-refractivity contribution >= 4 is 59.8 Å². The van der Waals surface area contributed by atoms with E-state index in [2.05, 4.69) is 4.99 Å². The van der Waals surface area contributed by atoms with E-state index in [-0.39, 0.29) is 18.1 Å². The first-order valence-corrected chi connectivity index (χ1v) is 15.7. The van der Waals surface area contributed by atoms with Crippen LogP contribution >= 0.6 is 11.8 Å². The van der Waals surface area contributed by atoms with Crippen LogP contribution in [0.15, 0.2) is 64.4 Å². The Balaban J connectivity index is 1.85. The Morgan fingerprint density at radius 2 is 1.59 bits per heavy atom. The summed E-state index contributed by atoms with van der Waals surface area (Å²) in [5.41, 5.74) is 4.48. The van der Waals surface area contributed by atoms with Crippen molar-refractivity contribution in [2.45, 2.75) is 6.92 Å². The third-order valence-electron chi connectivity index (χ3n) is 5.34. The van der Waals surface area contributed by atoms with E-state index >= 15 is 0 Å². The number of rotatable bonds is 7. The fraction of sp³-hybridized carbons (Fsp3) is 0.304. The summed E-state index contributed by atoms with van der Waals surface area (Å²) in [5, 5.41) is 7.05. The number of hydrazone groups is 1. The van der Waals surface area contributed by atoms with Crippen LogP contribution in [-0.2, 0) is 19.7 Å². The van der Waals surface area contributed by atoms with E-state index in [0.717, 1.165) is 28.1 Å². The highest BCUT2D eigenvalue weighted by Crippen LogP contribution is 2.41. The van der Waals surface area contributed by atoms with Crippen LogP contribution in [0.25, 0.3) is 5.57 Å². The van der Waals surface area contributed by atoms with Gasteiger partial charge in [0.15, 0.2) is 5.17 Å². The summed E-state index contributed by atoms with van der Waals surface area (Å²) in [5.74, 6) is 0.966. The van der Waals surface area contributed by atoms with Crippen molar-refractivity contribution in [1.29, 1.82) is 0 Å². The molecule has 0 saturated carbocycles. The fourth-order valence-electron chi connectivity index (χ4n) is 3.67. The van der Waals surface area contributed by atoms with Gasteiger partial charge in [0.1, 0.15) is 25.5 Å². The minimum atomic E-state index is -3.23. The highest BCUT2D eigenvalue weighted by molar-refractivity contribution is 8.14. The van der Waals surface area contributed by atoms with Crippen LogP contribution in [0.1, 0.15) is 11.1 Å². The van der Waals surface area contributed by atoms with E-state index in [9.17, 15) is 16.8 Å². The summed E-state index contributed by atoms with van der Waals surface area (Å²) in [6, 6.07) is 15.6. The van der Waals surface area contributed by atoms with Gasteiger partial charge in [-0.25, -0.2) is 21.8 Å². The maximum absolute atomic E-state index is 12.0. The van der Waals surface area contributed by atoms with Crippen LogP contribution < -0.4 is 4.90 Å². The molecule has 2 aliphatic rings. The average Bonchev–Trinajstić information content (AvgIpc) is 3.32. The van der Waals surface area contributed by atoms with Gasteiger partial charge in [-0.1, -0.05) is 48.2 Å². The number of thioether (sulfide) groups is 1. The van der Waals surface area contributed by atoms with Crippen LogP contribution in [0.5, 0.6) is 0 Å². The number of hydrogen-bond donors (Lipinski definition) is 0. The van der Waals surface area contributed by atoms with Crippen molar-refractivity contribution < 1.29 is 16.8 Å². The topological polar surface area (TPSA) is 99.5 Å². The molecule has 2 aromatic rings. The molecule has 0 atom stereocenters. The molecule has 0 amide bonds. The second-order valence-corrected chi connectivity index (χ2v) is 13.8. The number of allylic oxidation sites excluding steroid dienone is 1. The summed E-state index contributed by atoms with van der Waals surface area (Å²) in [6.07, 6.45) is 4.19. The first-order valence-electron chi connectivity index (χ1n) is 10.6. The van der Waals surface area contributed by atoms with E-state index < -0.39 is 19.7 Å². The molecule has 0 unspecified atom stereocenters. The maximum Gasteiger partial charge on any atom is 0.193 e. The SMILES string of the molecule is Cc1ccccc1N1C(SCCS(C)(=O)=O)=NN(CCS(C)(=O)=O)/C1=C1/C=Nc2ccccc21. The van der Waals surface area contributed by atoms with Gasteiger partial charge in [0, 0.05) is 35.6 Å². The van der Waals surface area contributed by atoms with Gasteiger partial charge in [0.2, 0.25) is 0 Å². The minimum Gasteiger partial charge on any atom is -0.272 e. The summed E-state index contributed by atoms with van der Waals surface area (Å²) in [4.78, 5) is 6.53. The molecule has 0 bridgehead atoms. The molecule has 0 aliphatic carbocycles. The van der Waals surface area contributed by atoms with Crippen LogP contribution in [0.3, 0.4) is 0 Å². The van der Waals surface area contributed by atoms with Crippen molar-refractivity contribution in [3.05, 3.63) is 65.5 Å². The molecule has 2 aliphatic heterocycles. The smallest absolute Gasteiger partial charge is 0.193 e. The Morgan fingerprint density at radius 1 is 0.912 bits per heavy atom. The van der Waals surface area contributed by atoms with Gasteiger partial charge < -0.3 is 0 Å². The Kier molecular flexibility index (Phi) is 6.88. The van der Waals surface area contributed by atoms with E-state index in [4.69, 9.17) is 5.10 Å². The molecule has 2 heterocycles. The number of amidine groups is 1. The van der Waals surface area contributed by atoms with Gasteiger partial charge in [-0.15, -0.1) is 5.10 Å². The lowest BCUT2D eigenvalue weighted by Crippen LogP contribution is -2.31. The van der Waals surface area contributed by atoms with Gasteiger partial charge in [0.25, 0.3) is 0 Å². The van der Waals surface area contributed by atoms with Crippen molar-refractivity contribution in [2.75, 3.05) is 41.2 Å². The van der Waals surface area contributed by atoms with Crippen molar-refractivity contribution in [3.63, 3.8) is 0 Å². The van der Waals surface area contributed by atoms with Gasteiger partial charge in [-0.05, 0) is 24.6 Å². The average molecular weight is 519 g/mol. The summed E-state index contributed by atoms with van der Waals surface area (Å²) < 4.78 is 47.4. The van der Waals surface area contributed by atoms with E-state index in [1.165, 1.54) is 24.3 Å². The standard InChI is InChI=1S/C23H26N4O4S3/c1-17-8-4-7-11-21(17)27-22(19-16-24-20-10-6-5-9-18(19)20)26(12-14-33(2,28)29)25-23(27)32-13-15-34(3,30)31/h4-11,16H,12-15H2,1-3H3/b22-19+. The molecule has 4 rings (SSSR count). The zero-order chi connectivity index (χ0) is 24.5. The number of aryl methyl sites for hydroxylation is 1. The second kappa shape index (κ2) is 9.55. The molecule has 0 radical (unpaired) electrons. The van der Waals surface area contributed by atoms with Crippen LogP contribution in [0.4, 0.5) is 11.4 Å². The molecule has 8 nitrogen and oxygen atoms in total. The van der Waals surface area contributed by atoms with Crippen LogP contribution in [-0.4, -0.2) is 69.5 Å². The van der Waals surface area contributed by atoms with Crippen LogP contribution in [0, 0.1) is 6.92 Å². The number of benzene rings is 2. The zero-order valence-corrected chi connectivity index (χ0v) is 21.6. The number of fused-ring (bicyclic) bond motifs is 1. The minimum absolute atomic E-state index is 0.0117. The van der Waals surface area contributed by atoms with Gasteiger partial charge in [-0.3, -0.25) is 9.89 Å². The Bertz CT molecular complexity index is 1410. The fourth-order valence-corrected chi connectivity index (χ4v) is 6.38. The number of sulfone groups is 2. The van der Waals surface area contributed by atoms with Crippen molar-refractivity contribution in [3.8, 4) is 0 Å². The summed E-state index contributed by atoms with van der Waals surface area (Å²) in [7, 11) is -6.37. The third-order valence-corrected chi connectivity index (χ3v) is 8.40. The largest absolute Gasteiger partial charge is 0.272 e. The third kappa shape index (κ3) is 5.53. The quantitative estimate of drug-likeness (QED) is 0.555. The first-order chi connectivity index (χ1) is 16.0. The Labute approximate surface area is 204 Å². The van der Waals surface area contributed by atoms with E-state index in [0.29, 0.717) is 16.7 Å². The van der Waals surface area contributed by atoms with Crippen molar-refractivity contribution in [1.82, 2.24) is 5.01 Å². The number of anilines is 1. The van der Waals surface area contributed by atoms with E-state index in [1.807, 2.05) is 60.4 Å². The lowest BCUT2D eigenvalue weighted by Gasteiger charge is -2.27. The van der Waals surface area contributed by atoms with Crippen molar-refractivity contribution in [2.24, 2.45) is 10.1 Å². The predicted octanol–water partition coefficient (Wildman–Crippen LogP) is 3.30.